The number of nitrogens with zero attached hydrogens (tertiary/aromatic N) is 2. The molecule has 2 aromatic heterocycles. The predicted molar refractivity (Wildman–Crippen MR) is 140 cm³/mol. The number of morpholine rings is 1. The zero-order valence-electron chi connectivity index (χ0n) is 19.4. The maximum absolute atomic E-state index is 12.9. The molecule has 1 aliphatic heterocycles. The van der Waals surface area contributed by atoms with Crippen LogP contribution < -0.4 is 10.9 Å². The largest absolute Gasteiger partial charge is 0.379 e. The maximum Gasteiger partial charge on any atom is 0.253 e. The van der Waals surface area contributed by atoms with E-state index in [9.17, 15) is 4.79 Å². The number of ether oxygens (including phenoxy) is 1. The van der Waals surface area contributed by atoms with Crippen molar-refractivity contribution in [2.24, 2.45) is 0 Å². The Hall–Kier alpha value is -2.26. The van der Waals surface area contributed by atoms with Gasteiger partial charge in [-0.05, 0) is 85.2 Å². The van der Waals surface area contributed by atoms with Gasteiger partial charge >= 0.3 is 0 Å². The monoisotopic (exact) mass is 484 g/mol. The van der Waals surface area contributed by atoms with Gasteiger partial charge in [0.25, 0.3) is 5.56 Å². The lowest BCUT2D eigenvalue weighted by Gasteiger charge is -2.28. The molecule has 4 rings (SSSR count). The molecule has 0 aliphatic carbocycles. The Bertz CT molecular complexity index is 1140. The first kappa shape index (κ1) is 23.9. The molecule has 6 nitrogen and oxygen atoms in total. The highest BCUT2D eigenvalue weighted by molar-refractivity contribution is 7.80. The third-order valence-electron chi connectivity index (χ3n) is 6.14. The van der Waals surface area contributed by atoms with Crippen molar-refractivity contribution in [1.82, 2.24) is 20.1 Å². The van der Waals surface area contributed by atoms with E-state index in [0.29, 0.717) is 18.2 Å². The van der Waals surface area contributed by atoms with Gasteiger partial charge in [0, 0.05) is 35.6 Å². The van der Waals surface area contributed by atoms with E-state index in [2.05, 4.69) is 51.5 Å². The molecule has 1 saturated heterocycles. The fourth-order valence-corrected chi connectivity index (χ4v) is 5.02. The minimum atomic E-state index is -0.0583. The van der Waals surface area contributed by atoms with Gasteiger partial charge in [0.1, 0.15) is 0 Å². The topological polar surface area (TPSA) is 60.6 Å². The van der Waals surface area contributed by atoms with Crippen LogP contribution in [0.5, 0.6) is 0 Å². The number of thiophene rings is 1. The van der Waals surface area contributed by atoms with E-state index in [1.54, 1.807) is 11.3 Å². The molecule has 3 heterocycles. The van der Waals surface area contributed by atoms with Gasteiger partial charge in [-0.1, -0.05) is 6.07 Å². The Balaban J connectivity index is 1.45. The van der Waals surface area contributed by atoms with Crippen molar-refractivity contribution >= 4 is 39.6 Å². The fraction of sp³-hybridized carbons (Fsp3) is 0.440. The molecule has 0 unspecified atom stereocenters. The smallest absolute Gasteiger partial charge is 0.253 e. The zero-order chi connectivity index (χ0) is 23.2. The lowest BCUT2D eigenvalue weighted by atomic mass is 10.0. The van der Waals surface area contributed by atoms with E-state index < -0.39 is 0 Å². The van der Waals surface area contributed by atoms with Crippen molar-refractivity contribution in [3.8, 4) is 0 Å². The van der Waals surface area contributed by atoms with E-state index >= 15 is 0 Å². The average molecular weight is 485 g/mol. The van der Waals surface area contributed by atoms with Crippen LogP contribution in [0.3, 0.4) is 0 Å². The van der Waals surface area contributed by atoms with E-state index in [1.165, 1.54) is 16.0 Å². The van der Waals surface area contributed by atoms with Crippen molar-refractivity contribution in [2.45, 2.75) is 33.4 Å². The summed E-state index contributed by atoms with van der Waals surface area (Å²) < 4.78 is 5.42. The number of aryl methyl sites for hydroxylation is 2. The highest BCUT2D eigenvalue weighted by Crippen LogP contribution is 2.19. The lowest BCUT2D eigenvalue weighted by molar-refractivity contribution is 0.0376. The molecule has 176 valence electrons. The molecule has 0 spiro atoms. The Morgan fingerprint density at radius 2 is 2.00 bits per heavy atom. The minimum absolute atomic E-state index is 0.0583. The molecule has 0 amide bonds. The molecule has 0 bridgehead atoms. The standard InChI is InChI=1S/C25H32N4O2S2/c1-18-13-20-15-21(24(30)27-23(20)14-19(18)2)16-29(17-22-5-3-12-33-22)25(32)26-6-4-7-28-8-10-31-11-9-28/h3,5,12-15H,4,6-11,16-17H2,1-2H3,(H,26,32)(H,27,30). The van der Waals surface area contributed by atoms with Crippen LogP contribution in [-0.2, 0) is 17.8 Å². The normalized spacial score (nSPS) is 14.5. The second-order valence-electron chi connectivity index (χ2n) is 8.62. The third kappa shape index (κ3) is 6.41. The van der Waals surface area contributed by atoms with Gasteiger partial charge in [0.05, 0.1) is 26.3 Å². The van der Waals surface area contributed by atoms with Crippen LogP contribution in [0.1, 0.15) is 28.0 Å². The van der Waals surface area contributed by atoms with Crippen molar-refractivity contribution in [3.63, 3.8) is 0 Å². The quantitative estimate of drug-likeness (QED) is 0.375. The number of benzene rings is 1. The molecule has 0 radical (unpaired) electrons. The van der Waals surface area contributed by atoms with Crippen molar-refractivity contribution < 1.29 is 4.74 Å². The number of H-pyrrole nitrogens is 1. The molecule has 0 atom stereocenters. The molecular formula is C25H32N4O2S2. The van der Waals surface area contributed by atoms with Gasteiger partial charge in [0.15, 0.2) is 5.11 Å². The molecule has 33 heavy (non-hydrogen) atoms. The molecule has 0 saturated carbocycles. The summed E-state index contributed by atoms with van der Waals surface area (Å²) >= 11 is 7.47. The third-order valence-corrected chi connectivity index (χ3v) is 7.41. The Kier molecular flexibility index (Phi) is 8.14. The van der Waals surface area contributed by atoms with Crippen LogP contribution in [0, 0.1) is 13.8 Å². The Morgan fingerprint density at radius 3 is 2.76 bits per heavy atom. The predicted octanol–water partition coefficient (Wildman–Crippen LogP) is 3.81. The first-order valence-electron chi connectivity index (χ1n) is 11.5. The highest BCUT2D eigenvalue weighted by atomic mass is 32.1. The Morgan fingerprint density at radius 1 is 1.21 bits per heavy atom. The van der Waals surface area contributed by atoms with E-state index in [0.717, 1.165) is 62.3 Å². The van der Waals surface area contributed by atoms with Crippen molar-refractivity contribution in [2.75, 3.05) is 39.4 Å². The summed E-state index contributed by atoms with van der Waals surface area (Å²) in [4.78, 5) is 21.7. The summed E-state index contributed by atoms with van der Waals surface area (Å²) in [5.74, 6) is 0. The SMILES string of the molecule is Cc1cc2cc(CN(Cc3cccs3)C(=S)NCCCN3CCOCC3)c(=O)[nH]c2cc1C. The average Bonchev–Trinajstić information content (AvgIpc) is 3.32. The van der Waals surface area contributed by atoms with Crippen LogP contribution in [0.15, 0.2) is 40.5 Å². The van der Waals surface area contributed by atoms with Gasteiger partial charge in [-0.25, -0.2) is 0 Å². The van der Waals surface area contributed by atoms with E-state index in [-0.39, 0.29) is 5.56 Å². The van der Waals surface area contributed by atoms with Gasteiger partial charge in [0.2, 0.25) is 0 Å². The second kappa shape index (κ2) is 11.2. The number of hydrogen-bond donors (Lipinski definition) is 2. The molecule has 1 aliphatic rings. The van der Waals surface area contributed by atoms with Gasteiger partial charge in [-0.3, -0.25) is 9.69 Å². The van der Waals surface area contributed by atoms with Crippen LogP contribution in [0.4, 0.5) is 0 Å². The number of fused-ring (bicyclic) bond motifs is 1. The lowest BCUT2D eigenvalue weighted by Crippen LogP contribution is -2.41. The molecule has 1 aromatic carbocycles. The fourth-order valence-electron chi connectivity index (χ4n) is 4.07. The maximum atomic E-state index is 12.9. The zero-order valence-corrected chi connectivity index (χ0v) is 21.0. The molecule has 1 fully saturated rings. The van der Waals surface area contributed by atoms with Crippen LogP contribution in [0.2, 0.25) is 0 Å². The van der Waals surface area contributed by atoms with Crippen LogP contribution in [0.25, 0.3) is 10.9 Å². The summed E-state index contributed by atoms with van der Waals surface area (Å²) in [6.45, 7) is 10.8. The number of rotatable bonds is 8. The van der Waals surface area contributed by atoms with Gasteiger partial charge in [-0.15, -0.1) is 11.3 Å². The first-order chi connectivity index (χ1) is 16.0. The highest BCUT2D eigenvalue weighted by Gasteiger charge is 2.15. The van der Waals surface area contributed by atoms with Crippen LogP contribution >= 0.6 is 23.6 Å². The van der Waals surface area contributed by atoms with E-state index in [4.69, 9.17) is 17.0 Å². The number of aromatic amines is 1. The van der Waals surface area contributed by atoms with Crippen molar-refractivity contribution in [3.05, 3.63) is 67.6 Å². The minimum Gasteiger partial charge on any atom is -0.379 e. The second-order valence-corrected chi connectivity index (χ2v) is 10.0. The van der Waals surface area contributed by atoms with Crippen molar-refractivity contribution in [1.29, 1.82) is 0 Å². The first-order valence-corrected chi connectivity index (χ1v) is 12.8. The number of pyridine rings is 1. The summed E-state index contributed by atoms with van der Waals surface area (Å²) in [6.07, 6.45) is 1.02. The number of thiocarbonyl (C=S) groups is 1. The number of hydrogen-bond acceptors (Lipinski definition) is 5. The molecular weight excluding hydrogens is 452 g/mol. The molecule has 2 N–H and O–H groups in total. The summed E-state index contributed by atoms with van der Waals surface area (Å²) in [6, 6.07) is 10.3. The Labute approximate surface area is 204 Å². The number of nitrogens with one attached hydrogen (secondary N) is 2. The summed E-state index contributed by atoms with van der Waals surface area (Å²) in [7, 11) is 0. The van der Waals surface area contributed by atoms with E-state index in [1.807, 2.05) is 18.2 Å². The molecule has 3 aromatic rings. The van der Waals surface area contributed by atoms with Gasteiger partial charge in [-0.2, -0.15) is 0 Å². The van der Waals surface area contributed by atoms with Gasteiger partial charge < -0.3 is 19.9 Å². The summed E-state index contributed by atoms with van der Waals surface area (Å²) in [5.41, 5.74) is 3.93. The number of aromatic nitrogens is 1. The van der Waals surface area contributed by atoms with Crippen LogP contribution in [-0.4, -0.2) is 59.3 Å². The summed E-state index contributed by atoms with van der Waals surface area (Å²) in [5, 5.41) is 7.22. The molecule has 8 heteroatoms.